The Hall–Kier alpha value is -1.73. The first kappa shape index (κ1) is 14.7. The van der Waals surface area contributed by atoms with Crippen molar-refractivity contribution in [1.82, 2.24) is 0 Å². The van der Waals surface area contributed by atoms with Crippen LogP contribution in [0.4, 0.5) is 13.2 Å². The van der Waals surface area contributed by atoms with Crippen LogP contribution in [-0.2, 0) is 10.1 Å². The fraction of sp³-hybridized carbons (Fsp3) is 0. The Labute approximate surface area is 117 Å². The lowest BCUT2D eigenvalue weighted by molar-refractivity contribution is 0.457. The van der Waals surface area contributed by atoms with Gasteiger partial charge in [0.2, 0.25) is 0 Å². The summed E-state index contributed by atoms with van der Waals surface area (Å²) in [7, 11) is -4.46. The Morgan fingerprint density at radius 1 is 0.950 bits per heavy atom. The minimum Gasteiger partial charge on any atom is -0.376 e. The average molecular weight is 323 g/mol. The summed E-state index contributed by atoms with van der Waals surface area (Å²) < 4.78 is 67.2. The highest BCUT2D eigenvalue weighted by molar-refractivity contribution is 7.87. The highest BCUT2D eigenvalue weighted by Crippen LogP contribution is 2.27. The van der Waals surface area contributed by atoms with E-state index in [-0.39, 0.29) is 0 Å². The highest BCUT2D eigenvalue weighted by Gasteiger charge is 2.22. The van der Waals surface area contributed by atoms with E-state index in [4.69, 9.17) is 11.6 Å². The standard InChI is InChI=1S/C12H6ClF3O3S/c13-9-5-7(14)2-4-12(9)20(17,18)19-11-3-1-8(15)6-10(11)16/h1-6H. The molecule has 2 aromatic rings. The topological polar surface area (TPSA) is 43.4 Å². The Kier molecular flexibility index (Phi) is 3.92. The lowest BCUT2D eigenvalue weighted by atomic mass is 10.3. The van der Waals surface area contributed by atoms with Crippen LogP contribution < -0.4 is 4.18 Å². The predicted molar refractivity (Wildman–Crippen MR) is 65.6 cm³/mol. The lowest BCUT2D eigenvalue weighted by Gasteiger charge is -2.09. The van der Waals surface area contributed by atoms with Crippen molar-refractivity contribution in [3.05, 3.63) is 58.9 Å². The van der Waals surface area contributed by atoms with Crippen LogP contribution in [0.5, 0.6) is 5.75 Å². The van der Waals surface area contributed by atoms with Gasteiger partial charge >= 0.3 is 10.1 Å². The molecule has 0 heterocycles. The van der Waals surface area contributed by atoms with E-state index >= 15 is 0 Å². The predicted octanol–water partition coefficient (Wildman–Crippen LogP) is 3.53. The second-order valence-electron chi connectivity index (χ2n) is 3.69. The third kappa shape index (κ3) is 3.05. The van der Waals surface area contributed by atoms with Crippen LogP contribution >= 0.6 is 11.6 Å². The molecule has 106 valence electrons. The van der Waals surface area contributed by atoms with Gasteiger partial charge in [-0.25, -0.2) is 13.2 Å². The van der Waals surface area contributed by atoms with Crippen molar-refractivity contribution in [3.63, 3.8) is 0 Å². The van der Waals surface area contributed by atoms with Gasteiger partial charge in [0.25, 0.3) is 0 Å². The smallest absolute Gasteiger partial charge is 0.340 e. The zero-order valence-corrected chi connectivity index (χ0v) is 11.2. The molecule has 0 atom stereocenters. The molecule has 0 N–H and O–H groups in total. The maximum absolute atomic E-state index is 13.3. The largest absolute Gasteiger partial charge is 0.376 e. The monoisotopic (exact) mass is 322 g/mol. The van der Waals surface area contributed by atoms with Crippen molar-refractivity contribution in [1.29, 1.82) is 0 Å². The number of hydrogen-bond acceptors (Lipinski definition) is 3. The Morgan fingerprint density at radius 3 is 2.15 bits per heavy atom. The molecule has 0 aliphatic rings. The van der Waals surface area contributed by atoms with Crippen molar-refractivity contribution in [2.75, 3.05) is 0 Å². The van der Waals surface area contributed by atoms with Crippen LogP contribution in [0, 0.1) is 17.5 Å². The maximum atomic E-state index is 13.3. The molecule has 0 unspecified atom stereocenters. The third-order valence-electron chi connectivity index (χ3n) is 2.26. The first-order valence-electron chi connectivity index (χ1n) is 5.14. The van der Waals surface area contributed by atoms with Crippen molar-refractivity contribution < 1.29 is 25.8 Å². The van der Waals surface area contributed by atoms with Gasteiger partial charge in [-0.05, 0) is 30.3 Å². The summed E-state index contributed by atoms with van der Waals surface area (Å²) in [6.07, 6.45) is 0. The van der Waals surface area contributed by atoms with Gasteiger partial charge < -0.3 is 4.18 Å². The number of halogens is 4. The van der Waals surface area contributed by atoms with E-state index in [0.717, 1.165) is 30.3 Å². The van der Waals surface area contributed by atoms with Crippen LogP contribution in [0.15, 0.2) is 41.3 Å². The summed E-state index contributed by atoms with van der Waals surface area (Å²) >= 11 is 5.59. The van der Waals surface area contributed by atoms with Gasteiger partial charge in [-0.2, -0.15) is 8.42 Å². The van der Waals surface area contributed by atoms with Crippen LogP contribution in [0.3, 0.4) is 0 Å². The highest BCUT2D eigenvalue weighted by atomic mass is 35.5. The van der Waals surface area contributed by atoms with Crippen LogP contribution in [0.1, 0.15) is 0 Å². The van der Waals surface area contributed by atoms with Gasteiger partial charge in [0.15, 0.2) is 11.6 Å². The summed E-state index contributed by atoms with van der Waals surface area (Å²) in [5.41, 5.74) is 0. The van der Waals surface area contributed by atoms with Crippen molar-refractivity contribution in [2.24, 2.45) is 0 Å². The summed E-state index contributed by atoms with van der Waals surface area (Å²) in [4.78, 5) is -0.524. The molecule has 0 amide bonds. The van der Waals surface area contributed by atoms with Crippen molar-refractivity contribution in [2.45, 2.75) is 4.90 Å². The summed E-state index contributed by atoms with van der Waals surface area (Å²) in [5, 5.41) is -0.410. The van der Waals surface area contributed by atoms with Gasteiger partial charge in [-0.1, -0.05) is 11.6 Å². The van der Waals surface area contributed by atoms with E-state index < -0.39 is 43.2 Å². The van der Waals surface area contributed by atoms with Crippen LogP contribution in [0.2, 0.25) is 5.02 Å². The molecule has 0 aliphatic heterocycles. The zero-order valence-electron chi connectivity index (χ0n) is 9.61. The van der Waals surface area contributed by atoms with Crippen molar-refractivity contribution >= 4 is 21.7 Å². The van der Waals surface area contributed by atoms with Crippen LogP contribution in [0.25, 0.3) is 0 Å². The fourth-order valence-electron chi connectivity index (χ4n) is 1.38. The van der Waals surface area contributed by atoms with Gasteiger partial charge in [-0.15, -0.1) is 0 Å². The molecule has 3 nitrogen and oxygen atoms in total. The molecule has 8 heteroatoms. The molecule has 0 saturated heterocycles. The van der Waals surface area contributed by atoms with E-state index in [0.29, 0.717) is 6.07 Å². The Balaban J connectivity index is 2.41. The second kappa shape index (κ2) is 5.34. The molecule has 2 rings (SSSR count). The number of hydrogen-bond donors (Lipinski definition) is 0. The maximum Gasteiger partial charge on any atom is 0.340 e. The van der Waals surface area contributed by atoms with Crippen LogP contribution in [-0.4, -0.2) is 8.42 Å². The molecule has 0 radical (unpaired) electrons. The molecule has 0 aromatic heterocycles. The summed E-state index contributed by atoms with van der Waals surface area (Å²) in [6.45, 7) is 0. The Morgan fingerprint density at radius 2 is 1.55 bits per heavy atom. The van der Waals surface area contributed by atoms with E-state index in [1.54, 1.807) is 0 Å². The number of rotatable bonds is 3. The van der Waals surface area contributed by atoms with Crippen molar-refractivity contribution in [3.8, 4) is 5.75 Å². The van der Waals surface area contributed by atoms with Gasteiger partial charge in [0.1, 0.15) is 16.5 Å². The molecule has 2 aromatic carbocycles. The summed E-state index contributed by atoms with van der Waals surface area (Å²) in [6, 6.07) is 4.65. The SMILES string of the molecule is O=S(=O)(Oc1ccc(F)cc1F)c1ccc(F)cc1Cl. The fourth-order valence-corrected chi connectivity index (χ4v) is 2.83. The second-order valence-corrected chi connectivity index (χ2v) is 5.61. The molecule has 20 heavy (non-hydrogen) atoms. The normalized spacial score (nSPS) is 11.4. The van der Waals surface area contributed by atoms with E-state index in [9.17, 15) is 21.6 Å². The van der Waals surface area contributed by atoms with Gasteiger partial charge in [0, 0.05) is 6.07 Å². The quantitative estimate of drug-likeness (QED) is 0.812. The molecule has 0 spiro atoms. The van der Waals surface area contributed by atoms with Gasteiger partial charge in [-0.3, -0.25) is 0 Å². The minimum absolute atomic E-state index is 0.410. The third-order valence-corrected chi connectivity index (χ3v) is 3.98. The minimum atomic E-state index is -4.46. The van der Waals surface area contributed by atoms with Gasteiger partial charge in [0.05, 0.1) is 5.02 Å². The average Bonchev–Trinajstić information content (AvgIpc) is 2.32. The summed E-state index contributed by atoms with van der Waals surface area (Å²) in [5.74, 6) is -3.49. The zero-order chi connectivity index (χ0) is 14.9. The molecule has 0 aliphatic carbocycles. The van der Waals surface area contributed by atoms with E-state index in [1.165, 1.54) is 0 Å². The van der Waals surface area contributed by atoms with E-state index in [2.05, 4.69) is 4.18 Å². The van der Waals surface area contributed by atoms with E-state index in [1.807, 2.05) is 0 Å². The first-order valence-corrected chi connectivity index (χ1v) is 6.93. The molecule has 0 bridgehead atoms. The molecular formula is C12H6ClF3O3S. The Bertz CT molecular complexity index is 763. The first-order chi connectivity index (χ1) is 9.29. The lowest BCUT2D eigenvalue weighted by Crippen LogP contribution is -2.11. The molecular weight excluding hydrogens is 317 g/mol. The number of benzene rings is 2. The molecule has 0 saturated carbocycles. The molecule has 0 fully saturated rings.